The van der Waals surface area contributed by atoms with Gasteiger partial charge in [-0.25, -0.2) is 0 Å². The maximum Gasteiger partial charge on any atom is 0.475 e. The van der Waals surface area contributed by atoms with Crippen molar-refractivity contribution in [3.05, 3.63) is 34.9 Å². The third-order valence-electron chi connectivity index (χ3n) is 3.88. The lowest BCUT2D eigenvalue weighted by atomic mass is 9.75. The molecule has 25 heavy (non-hydrogen) atoms. The fraction of sp³-hybridized carbons (Fsp3) is 0.444. The first-order valence-corrected chi connectivity index (χ1v) is 8.21. The summed E-state index contributed by atoms with van der Waals surface area (Å²) in [6.45, 7) is 7.37. The number of amides is 2. The zero-order valence-electron chi connectivity index (χ0n) is 15.2. The van der Waals surface area contributed by atoms with E-state index in [2.05, 4.69) is 17.2 Å². The summed E-state index contributed by atoms with van der Waals surface area (Å²) in [7, 11) is -1.70. The molecule has 2 amide bonds. The predicted molar refractivity (Wildman–Crippen MR) is 97.4 cm³/mol. The van der Waals surface area contributed by atoms with Crippen LogP contribution in [0.3, 0.4) is 0 Å². The van der Waals surface area contributed by atoms with E-state index < -0.39 is 24.9 Å². The number of rotatable bonds is 7. The van der Waals surface area contributed by atoms with Gasteiger partial charge in [0, 0.05) is 6.54 Å². The molecule has 0 unspecified atom stereocenters. The average molecular weight is 344 g/mol. The molecule has 6 nitrogen and oxygen atoms in total. The minimum absolute atomic E-state index is 0.180. The van der Waals surface area contributed by atoms with E-state index in [0.717, 1.165) is 16.7 Å². The summed E-state index contributed by atoms with van der Waals surface area (Å²) in [6, 6.07) is 5.84. The number of benzene rings is 1. The molecule has 0 saturated carbocycles. The molecule has 1 rings (SSSR count). The minimum Gasteiger partial charge on any atom is -0.426 e. The van der Waals surface area contributed by atoms with Gasteiger partial charge in [-0.2, -0.15) is 0 Å². The molecular weight excluding hydrogens is 319 g/mol. The molecule has 0 fully saturated rings. The second-order valence-electron chi connectivity index (χ2n) is 5.92. The van der Waals surface area contributed by atoms with Crippen molar-refractivity contribution in [2.45, 2.75) is 40.1 Å². The third kappa shape index (κ3) is 6.61. The summed E-state index contributed by atoms with van der Waals surface area (Å²) in [5, 5.41) is 21.8. The monoisotopic (exact) mass is 344 g/mol. The van der Waals surface area contributed by atoms with Crippen molar-refractivity contribution < 1.29 is 19.6 Å². The molecule has 134 valence electrons. The molecule has 0 radical (unpaired) electrons. The molecule has 0 aromatic heterocycles. The van der Waals surface area contributed by atoms with Gasteiger partial charge in [0.2, 0.25) is 5.91 Å². The first-order valence-electron chi connectivity index (χ1n) is 8.21. The van der Waals surface area contributed by atoms with Crippen LogP contribution in [0, 0.1) is 25.7 Å². The van der Waals surface area contributed by atoms with Crippen LogP contribution in [0.25, 0.3) is 0 Å². The molecule has 0 aliphatic heterocycles. The highest BCUT2D eigenvalue weighted by Gasteiger charge is 2.27. The second kappa shape index (κ2) is 9.87. The van der Waals surface area contributed by atoms with Crippen LogP contribution >= 0.6 is 0 Å². The van der Waals surface area contributed by atoms with Gasteiger partial charge in [-0.1, -0.05) is 29.7 Å². The van der Waals surface area contributed by atoms with Crippen LogP contribution in [0.2, 0.25) is 0 Å². The quantitative estimate of drug-likeness (QED) is 0.487. The van der Waals surface area contributed by atoms with Crippen LogP contribution in [-0.4, -0.2) is 52.9 Å². The molecule has 1 aromatic rings. The average Bonchev–Trinajstić information content (AvgIpc) is 2.54. The lowest BCUT2D eigenvalue weighted by molar-refractivity contribution is -0.131. The number of hydrogen-bond donors (Lipinski definition) is 3. The first-order chi connectivity index (χ1) is 11.8. The number of hydrogen-bond acceptors (Lipinski definition) is 4. The van der Waals surface area contributed by atoms with Gasteiger partial charge in [-0.3, -0.25) is 9.59 Å². The molecule has 0 bridgehead atoms. The Bertz CT molecular complexity index is 679. The lowest BCUT2D eigenvalue weighted by Gasteiger charge is -2.22. The highest BCUT2D eigenvalue weighted by molar-refractivity contribution is 6.43. The van der Waals surface area contributed by atoms with Crippen molar-refractivity contribution in [1.82, 2.24) is 10.2 Å². The Kier molecular flexibility index (Phi) is 8.19. The van der Waals surface area contributed by atoms with Gasteiger partial charge in [0.25, 0.3) is 5.91 Å². The number of nitrogens with one attached hydrogen (secondary N) is 1. The molecule has 0 saturated heterocycles. The van der Waals surface area contributed by atoms with E-state index in [4.69, 9.17) is 0 Å². The predicted octanol–water partition coefficient (Wildman–Crippen LogP) is 0.215. The van der Waals surface area contributed by atoms with E-state index >= 15 is 0 Å². The van der Waals surface area contributed by atoms with Crippen molar-refractivity contribution in [1.29, 1.82) is 0 Å². The normalized spacial score (nSPS) is 11.1. The smallest absolute Gasteiger partial charge is 0.426 e. The van der Waals surface area contributed by atoms with Crippen LogP contribution in [0.1, 0.15) is 30.5 Å². The van der Waals surface area contributed by atoms with Crippen LogP contribution in [0.4, 0.5) is 0 Å². The van der Waals surface area contributed by atoms with E-state index in [-0.39, 0.29) is 13.0 Å². The van der Waals surface area contributed by atoms with E-state index in [1.165, 1.54) is 4.90 Å². The van der Waals surface area contributed by atoms with Crippen molar-refractivity contribution in [3.8, 4) is 11.8 Å². The minimum atomic E-state index is -1.70. The number of carbonyl (C=O) groups is 2. The number of carbonyl (C=O) groups excluding carboxylic acids is 2. The molecule has 0 aliphatic carbocycles. The van der Waals surface area contributed by atoms with Crippen LogP contribution < -0.4 is 5.32 Å². The molecular formula is C18H25BN2O4. The van der Waals surface area contributed by atoms with Gasteiger partial charge in [0.05, 0.1) is 5.94 Å². The van der Waals surface area contributed by atoms with Gasteiger partial charge < -0.3 is 20.3 Å². The Morgan fingerprint density at radius 3 is 2.52 bits per heavy atom. The zero-order valence-corrected chi connectivity index (χ0v) is 15.2. The van der Waals surface area contributed by atoms with Gasteiger partial charge >= 0.3 is 7.12 Å². The van der Waals surface area contributed by atoms with Crippen LogP contribution in [-0.2, 0) is 16.0 Å². The maximum atomic E-state index is 12.2. The molecule has 1 atom stereocenters. The largest absolute Gasteiger partial charge is 0.475 e. The standard InChI is InChI=1S/C18H25BN2O4/c1-5-7-18(23)21(6-2)12-17(22)20-16(19(24)25)11-15-9-8-13(3)10-14(15)4/h8-10,16,24-25H,6,11-12H2,1-4H3,(H,20,22)/t16-/m0/s1. The second-order valence-corrected chi connectivity index (χ2v) is 5.92. The summed E-state index contributed by atoms with van der Waals surface area (Å²) in [6.07, 6.45) is 0.282. The molecule has 1 aromatic carbocycles. The van der Waals surface area contributed by atoms with Crippen LogP contribution in [0.15, 0.2) is 18.2 Å². The van der Waals surface area contributed by atoms with Crippen molar-refractivity contribution in [2.24, 2.45) is 0 Å². The van der Waals surface area contributed by atoms with E-state index in [1.54, 1.807) is 13.8 Å². The van der Waals surface area contributed by atoms with E-state index in [0.29, 0.717) is 6.54 Å². The van der Waals surface area contributed by atoms with Gasteiger partial charge in [-0.15, -0.1) is 0 Å². The SMILES string of the molecule is CC#CC(=O)N(CC)CC(=O)N[C@@H](Cc1ccc(C)cc1C)B(O)O. The lowest BCUT2D eigenvalue weighted by Crippen LogP contribution is -2.51. The van der Waals surface area contributed by atoms with Crippen molar-refractivity contribution in [2.75, 3.05) is 13.1 Å². The first kappa shape index (κ1) is 20.7. The number of likely N-dealkylation sites (N-methyl/N-ethyl adjacent to an activating group) is 1. The summed E-state index contributed by atoms with van der Waals surface area (Å²) >= 11 is 0. The van der Waals surface area contributed by atoms with Gasteiger partial charge in [0.15, 0.2) is 0 Å². The Hall–Kier alpha value is -2.30. The summed E-state index contributed by atoms with van der Waals surface area (Å²) in [5.74, 6) is 3.14. The summed E-state index contributed by atoms with van der Waals surface area (Å²) in [5.41, 5.74) is 3.05. The highest BCUT2D eigenvalue weighted by Crippen LogP contribution is 2.13. The topological polar surface area (TPSA) is 89.9 Å². The molecule has 0 aliphatic rings. The van der Waals surface area contributed by atoms with Crippen LogP contribution in [0.5, 0.6) is 0 Å². The van der Waals surface area contributed by atoms with E-state index in [1.807, 2.05) is 32.0 Å². The Labute approximate surface area is 149 Å². The molecule has 0 heterocycles. The maximum absolute atomic E-state index is 12.2. The van der Waals surface area contributed by atoms with E-state index in [9.17, 15) is 19.6 Å². The molecule has 3 N–H and O–H groups in total. The fourth-order valence-corrected chi connectivity index (χ4v) is 2.48. The Morgan fingerprint density at radius 1 is 1.32 bits per heavy atom. The molecule has 0 spiro atoms. The summed E-state index contributed by atoms with van der Waals surface area (Å²) in [4.78, 5) is 25.3. The number of aryl methyl sites for hydroxylation is 2. The third-order valence-corrected chi connectivity index (χ3v) is 3.88. The van der Waals surface area contributed by atoms with Crippen molar-refractivity contribution in [3.63, 3.8) is 0 Å². The zero-order chi connectivity index (χ0) is 19.0. The molecule has 7 heteroatoms. The highest BCUT2D eigenvalue weighted by atomic mass is 16.4. The van der Waals surface area contributed by atoms with Gasteiger partial charge in [0.1, 0.15) is 6.54 Å². The summed E-state index contributed by atoms with van der Waals surface area (Å²) < 4.78 is 0. The van der Waals surface area contributed by atoms with Gasteiger partial charge in [-0.05, 0) is 51.2 Å². The Balaban J connectivity index is 2.78. The number of nitrogens with zero attached hydrogens (tertiary/aromatic N) is 1. The van der Waals surface area contributed by atoms with Crippen molar-refractivity contribution >= 4 is 18.9 Å². The fourth-order valence-electron chi connectivity index (χ4n) is 2.48. The Morgan fingerprint density at radius 2 is 2.00 bits per heavy atom.